The molecule has 0 unspecified atom stereocenters. The van der Waals surface area contributed by atoms with Gasteiger partial charge in [-0.3, -0.25) is 0 Å². The summed E-state index contributed by atoms with van der Waals surface area (Å²) in [7, 11) is 0. The van der Waals surface area contributed by atoms with Crippen LogP contribution in [-0.4, -0.2) is 9.97 Å². The van der Waals surface area contributed by atoms with Crippen molar-refractivity contribution in [3.05, 3.63) is 35.2 Å². The predicted octanol–water partition coefficient (Wildman–Crippen LogP) is 2.45. The normalized spacial score (nSPS) is 25.5. The number of hydrogen-bond donors (Lipinski definition) is 1. The van der Waals surface area contributed by atoms with Crippen LogP contribution in [0.3, 0.4) is 0 Å². The molecule has 86 valence electrons. The van der Waals surface area contributed by atoms with E-state index in [1.54, 1.807) is 0 Å². The Morgan fingerprint density at radius 2 is 1.76 bits per heavy atom. The zero-order valence-corrected chi connectivity index (χ0v) is 9.69. The second-order valence-corrected chi connectivity index (χ2v) is 5.23. The average Bonchev–Trinajstić information content (AvgIpc) is 2.97. The summed E-state index contributed by atoms with van der Waals surface area (Å²) in [6.07, 6.45) is 3.88. The molecule has 0 saturated heterocycles. The van der Waals surface area contributed by atoms with Crippen LogP contribution in [0.4, 0.5) is 0 Å². The number of fused-ring (bicyclic) bond motifs is 6. The van der Waals surface area contributed by atoms with E-state index in [9.17, 15) is 0 Å². The van der Waals surface area contributed by atoms with Crippen molar-refractivity contribution in [2.24, 2.45) is 5.73 Å². The van der Waals surface area contributed by atoms with Gasteiger partial charge in [0.2, 0.25) is 0 Å². The van der Waals surface area contributed by atoms with Crippen molar-refractivity contribution >= 4 is 11.0 Å². The van der Waals surface area contributed by atoms with Crippen molar-refractivity contribution in [3.63, 3.8) is 0 Å². The van der Waals surface area contributed by atoms with Crippen molar-refractivity contribution in [1.82, 2.24) is 9.97 Å². The fourth-order valence-corrected chi connectivity index (χ4v) is 3.33. The van der Waals surface area contributed by atoms with E-state index in [0.717, 1.165) is 16.6 Å². The molecule has 0 radical (unpaired) electrons. The summed E-state index contributed by atoms with van der Waals surface area (Å²) in [5, 5.41) is 0. The van der Waals surface area contributed by atoms with Crippen LogP contribution < -0.4 is 5.73 Å². The Labute approximate surface area is 100 Å². The van der Waals surface area contributed by atoms with Crippen LogP contribution in [0.5, 0.6) is 0 Å². The van der Waals surface area contributed by atoms with Crippen molar-refractivity contribution in [2.75, 3.05) is 0 Å². The van der Waals surface area contributed by atoms with Crippen LogP contribution in [0.15, 0.2) is 18.2 Å². The molecule has 2 aliphatic carbocycles. The van der Waals surface area contributed by atoms with Crippen molar-refractivity contribution in [2.45, 2.75) is 37.6 Å². The van der Waals surface area contributed by atoms with Gasteiger partial charge in [-0.2, -0.15) is 0 Å². The molecule has 1 aromatic heterocycles. The fraction of sp³-hybridized carbons (Fsp3) is 0.429. The highest BCUT2D eigenvalue weighted by molar-refractivity contribution is 5.76. The molecule has 0 aliphatic heterocycles. The zero-order valence-electron chi connectivity index (χ0n) is 9.69. The first kappa shape index (κ1) is 9.54. The maximum Gasteiger partial charge on any atom is 0.0893 e. The van der Waals surface area contributed by atoms with Crippen molar-refractivity contribution < 1.29 is 0 Å². The van der Waals surface area contributed by atoms with E-state index in [-0.39, 0.29) is 0 Å². The first-order valence-corrected chi connectivity index (χ1v) is 6.35. The molecule has 1 fully saturated rings. The molecule has 1 saturated carbocycles. The van der Waals surface area contributed by atoms with Gasteiger partial charge >= 0.3 is 0 Å². The summed E-state index contributed by atoms with van der Waals surface area (Å²) in [5.74, 6) is 1.36. The molecule has 2 N–H and O–H groups in total. The molecular formula is C14H15N3. The molecule has 17 heavy (non-hydrogen) atoms. The Morgan fingerprint density at radius 3 is 2.47 bits per heavy atom. The lowest BCUT2D eigenvalue weighted by Crippen LogP contribution is -2.05. The molecule has 1 heterocycles. The fourth-order valence-electron chi connectivity index (χ4n) is 3.33. The third kappa shape index (κ3) is 1.26. The minimum Gasteiger partial charge on any atom is -0.326 e. The highest BCUT2D eigenvalue weighted by atomic mass is 14.9. The number of nitrogens with two attached hydrogens (primary N) is 1. The molecule has 2 aliphatic rings. The Hall–Kier alpha value is -1.48. The second kappa shape index (κ2) is 3.26. The quantitative estimate of drug-likeness (QED) is 0.811. The molecule has 2 aromatic rings. The smallest absolute Gasteiger partial charge is 0.0893 e. The Bertz CT molecular complexity index is 606. The highest BCUT2D eigenvalue weighted by Crippen LogP contribution is 2.51. The van der Waals surface area contributed by atoms with Gasteiger partial charge in [-0.25, -0.2) is 9.97 Å². The molecule has 0 spiro atoms. The van der Waals surface area contributed by atoms with Crippen LogP contribution in [0, 0.1) is 0 Å². The number of hydrogen-bond acceptors (Lipinski definition) is 3. The zero-order chi connectivity index (χ0) is 11.4. The minimum absolute atomic E-state index is 0.570. The third-order valence-corrected chi connectivity index (χ3v) is 4.23. The molecule has 2 bridgehead atoms. The largest absolute Gasteiger partial charge is 0.326 e. The van der Waals surface area contributed by atoms with Gasteiger partial charge in [-0.05, 0) is 37.0 Å². The van der Waals surface area contributed by atoms with Crippen LogP contribution in [0.25, 0.3) is 11.0 Å². The second-order valence-electron chi connectivity index (χ2n) is 5.23. The van der Waals surface area contributed by atoms with E-state index >= 15 is 0 Å². The van der Waals surface area contributed by atoms with Gasteiger partial charge in [-0.1, -0.05) is 6.07 Å². The van der Waals surface area contributed by atoms with Crippen LogP contribution >= 0.6 is 0 Å². The lowest BCUT2D eigenvalue weighted by atomic mass is 10.00. The number of rotatable bonds is 1. The van der Waals surface area contributed by atoms with Gasteiger partial charge in [0.05, 0.1) is 22.4 Å². The number of benzene rings is 1. The topological polar surface area (TPSA) is 51.8 Å². The number of nitrogens with zero attached hydrogens (tertiary/aromatic N) is 2. The highest BCUT2D eigenvalue weighted by Gasteiger charge is 2.39. The van der Waals surface area contributed by atoms with Crippen LogP contribution in [0.2, 0.25) is 0 Å². The lowest BCUT2D eigenvalue weighted by Gasteiger charge is -2.14. The Kier molecular flexibility index (Phi) is 1.83. The van der Waals surface area contributed by atoms with Crippen LogP contribution in [-0.2, 0) is 6.54 Å². The standard InChI is InChI=1S/C14H15N3/c15-7-8-1-4-11-12(5-8)17-14-10-3-2-9(6-10)13(14)16-11/h1,4-5,9-10H,2-3,6-7,15H2/t9-,10+/m0/s1. The van der Waals surface area contributed by atoms with Crippen LogP contribution in [0.1, 0.15) is 48.0 Å². The molecule has 3 nitrogen and oxygen atoms in total. The van der Waals surface area contributed by atoms with E-state index in [0.29, 0.717) is 18.4 Å². The summed E-state index contributed by atoms with van der Waals surface area (Å²) in [6, 6.07) is 6.18. The van der Waals surface area contributed by atoms with E-state index in [4.69, 9.17) is 15.7 Å². The van der Waals surface area contributed by atoms with E-state index in [2.05, 4.69) is 18.2 Å². The lowest BCUT2D eigenvalue weighted by molar-refractivity contribution is 0.685. The van der Waals surface area contributed by atoms with Gasteiger partial charge in [0.1, 0.15) is 0 Å². The third-order valence-electron chi connectivity index (χ3n) is 4.23. The van der Waals surface area contributed by atoms with Gasteiger partial charge < -0.3 is 5.73 Å². The Balaban J connectivity index is 1.97. The van der Waals surface area contributed by atoms with Gasteiger partial charge in [-0.15, -0.1) is 0 Å². The summed E-state index contributed by atoms with van der Waals surface area (Å²) in [4.78, 5) is 9.64. The monoisotopic (exact) mass is 225 g/mol. The number of aromatic nitrogens is 2. The summed E-state index contributed by atoms with van der Waals surface area (Å²) in [5.41, 5.74) is 11.4. The van der Waals surface area contributed by atoms with Gasteiger partial charge in [0.25, 0.3) is 0 Å². The Morgan fingerprint density at radius 1 is 1.06 bits per heavy atom. The molecule has 2 atom stereocenters. The predicted molar refractivity (Wildman–Crippen MR) is 66.8 cm³/mol. The SMILES string of the molecule is NCc1ccc2nc3c(nc2c1)[C@@H]1CC[C@H]3C1. The van der Waals surface area contributed by atoms with E-state index < -0.39 is 0 Å². The summed E-state index contributed by atoms with van der Waals surface area (Å²) < 4.78 is 0. The van der Waals surface area contributed by atoms with E-state index in [1.807, 2.05) is 0 Å². The average molecular weight is 225 g/mol. The van der Waals surface area contributed by atoms with Crippen molar-refractivity contribution in [3.8, 4) is 0 Å². The molecule has 4 rings (SSSR count). The first-order valence-electron chi connectivity index (χ1n) is 6.35. The van der Waals surface area contributed by atoms with Gasteiger partial charge in [0, 0.05) is 18.4 Å². The summed E-state index contributed by atoms with van der Waals surface area (Å²) in [6.45, 7) is 0.570. The first-order chi connectivity index (χ1) is 8.35. The maximum absolute atomic E-state index is 5.67. The molecule has 3 heteroatoms. The van der Waals surface area contributed by atoms with Gasteiger partial charge in [0.15, 0.2) is 0 Å². The molecular weight excluding hydrogens is 210 g/mol. The van der Waals surface area contributed by atoms with Crippen molar-refractivity contribution in [1.29, 1.82) is 0 Å². The molecule has 0 amide bonds. The van der Waals surface area contributed by atoms with E-state index in [1.165, 1.54) is 30.7 Å². The maximum atomic E-state index is 5.67. The minimum atomic E-state index is 0.570. The molecule has 1 aromatic carbocycles. The summed E-state index contributed by atoms with van der Waals surface area (Å²) >= 11 is 0.